The number of hydrogen-bond acceptors (Lipinski definition) is 2. The molecule has 0 bridgehead atoms. The molecule has 1 aliphatic rings. The van der Waals surface area contributed by atoms with Crippen LogP contribution in [0.5, 0.6) is 0 Å². The van der Waals surface area contributed by atoms with Crippen molar-refractivity contribution in [3.05, 3.63) is 0 Å². The summed E-state index contributed by atoms with van der Waals surface area (Å²) in [6.45, 7) is 4.48. The van der Waals surface area contributed by atoms with Crippen LogP contribution in [0, 0.1) is 11.8 Å². The average Bonchev–Trinajstić information content (AvgIpc) is 2.14. The SMILES string of the molecule is CC(C)(N)C(CCO)C1CCCCC1. The van der Waals surface area contributed by atoms with Crippen molar-refractivity contribution in [3.63, 3.8) is 0 Å². The fourth-order valence-corrected chi connectivity index (χ4v) is 2.89. The third-order valence-corrected chi connectivity index (χ3v) is 3.61. The van der Waals surface area contributed by atoms with Crippen LogP contribution in [0.3, 0.4) is 0 Å². The Balaban J connectivity index is 2.56. The van der Waals surface area contributed by atoms with E-state index in [2.05, 4.69) is 13.8 Å². The van der Waals surface area contributed by atoms with Gasteiger partial charge in [0.25, 0.3) is 0 Å². The molecular weight excluding hydrogens is 174 g/mol. The predicted octanol–water partition coefficient (Wildman–Crippen LogP) is 2.30. The highest BCUT2D eigenvalue weighted by Gasteiger charge is 2.32. The Morgan fingerprint density at radius 2 is 1.86 bits per heavy atom. The molecule has 2 nitrogen and oxygen atoms in total. The van der Waals surface area contributed by atoms with Crippen molar-refractivity contribution in [1.29, 1.82) is 0 Å². The Hall–Kier alpha value is -0.0800. The molecule has 1 rings (SSSR count). The van der Waals surface area contributed by atoms with Gasteiger partial charge in [-0.15, -0.1) is 0 Å². The molecule has 0 spiro atoms. The van der Waals surface area contributed by atoms with E-state index in [1.54, 1.807) is 0 Å². The van der Waals surface area contributed by atoms with Crippen LogP contribution in [-0.2, 0) is 0 Å². The van der Waals surface area contributed by atoms with Crippen LogP contribution in [0.1, 0.15) is 52.4 Å². The normalized spacial score (nSPS) is 22.3. The lowest BCUT2D eigenvalue weighted by molar-refractivity contribution is 0.130. The summed E-state index contributed by atoms with van der Waals surface area (Å²) in [6.07, 6.45) is 7.57. The molecule has 0 aromatic carbocycles. The molecule has 0 radical (unpaired) electrons. The molecule has 2 heteroatoms. The summed E-state index contributed by atoms with van der Waals surface area (Å²) >= 11 is 0. The van der Waals surface area contributed by atoms with Crippen molar-refractivity contribution in [3.8, 4) is 0 Å². The second-order valence-electron chi connectivity index (χ2n) is 5.34. The van der Waals surface area contributed by atoms with E-state index in [1.807, 2.05) is 0 Å². The second-order valence-corrected chi connectivity index (χ2v) is 5.34. The largest absolute Gasteiger partial charge is 0.396 e. The van der Waals surface area contributed by atoms with Gasteiger partial charge in [0.1, 0.15) is 0 Å². The van der Waals surface area contributed by atoms with Crippen LogP contribution in [-0.4, -0.2) is 17.3 Å². The molecule has 1 saturated carbocycles. The first-order valence-corrected chi connectivity index (χ1v) is 5.95. The lowest BCUT2D eigenvalue weighted by Gasteiger charge is -2.38. The zero-order chi connectivity index (χ0) is 10.6. The quantitative estimate of drug-likeness (QED) is 0.730. The van der Waals surface area contributed by atoms with E-state index in [0.717, 1.165) is 12.3 Å². The van der Waals surface area contributed by atoms with Gasteiger partial charge in [-0.2, -0.15) is 0 Å². The summed E-state index contributed by atoms with van der Waals surface area (Å²) < 4.78 is 0. The maximum Gasteiger partial charge on any atom is 0.0434 e. The fraction of sp³-hybridized carbons (Fsp3) is 1.00. The molecule has 84 valence electrons. The van der Waals surface area contributed by atoms with Gasteiger partial charge in [0.05, 0.1) is 0 Å². The Morgan fingerprint density at radius 3 is 2.29 bits per heavy atom. The summed E-state index contributed by atoms with van der Waals surface area (Å²) in [4.78, 5) is 0. The lowest BCUT2D eigenvalue weighted by Crippen LogP contribution is -2.45. The Kier molecular flexibility index (Phi) is 4.39. The predicted molar refractivity (Wildman–Crippen MR) is 60.0 cm³/mol. The van der Waals surface area contributed by atoms with E-state index < -0.39 is 0 Å². The van der Waals surface area contributed by atoms with E-state index in [-0.39, 0.29) is 12.1 Å². The zero-order valence-corrected chi connectivity index (χ0v) is 9.63. The Bertz CT molecular complexity index is 156. The first-order chi connectivity index (χ1) is 6.55. The summed E-state index contributed by atoms with van der Waals surface area (Å²) in [5.74, 6) is 1.24. The van der Waals surface area contributed by atoms with Gasteiger partial charge >= 0.3 is 0 Å². The Labute approximate surface area is 87.9 Å². The van der Waals surface area contributed by atoms with E-state index in [0.29, 0.717) is 5.92 Å². The van der Waals surface area contributed by atoms with Gasteiger partial charge in [0, 0.05) is 12.1 Å². The molecule has 0 aromatic rings. The number of hydrogen-bond donors (Lipinski definition) is 2. The van der Waals surface area contributed by atoms with Crippen molar-refractivity contribution in [2.45, 2.75) is 57.9 Å². The summed E-state index contributed by atoms with van der Waals surface area (Å²) in [6, 6.07) is 0. The van der Waals surface area contributed by atoms with E-state index in [1.165, 1.54) is 32.1 Å². The molecule has 0 aromatic heterocycles. The van der Waals surface area contributed by atoms with Gasteiger partial charge in [0.2, 0.25) is 0 Å². The van der Waals surface area contributed by atoms with E-state index >= 15 is 0 Å². The molecule has 1 atom stereocenters. The molecule has 0 saturated heterocycles. The van der Waals surface area contributed by atoms with Crippen LogP contribution >= 0.6 is 0 Å². The maximum absolute atomic E-state index is 9.08. The number of aliphatic hydroxyl groups is 1. The van der Waals surface area contributed by atoms with Crippen molar-refractivity contribution in [2.75, 3.05) is 6.61 Å². The van der Waals surface area contributed by atoms with Gasteiger partial charge in [0.15, 0.2) is 0 Å². The van der Waals surface area contributed by atoms with E-state index in [4.69, 9.17) is 10.8 Å². The lowest BCUT2D eigenvalue weighted by atomic mass is 9.71. The summed E-state index contributed by atoms with van der Waals surface area (Å²) in [5, 5.41) is 9.08. The minimum Gasteiger partial charge on any atom is -0.396 e. The van der Waals surface area contributed by atoms with Crippen LogP contribution in [0.15, 0.2) is 0 Å². The van der Waals surface area contributed by atoms with Gasteiger partial charge in [-0.05, 0) is 32.1 Å². The maximum atomic E-state index is 9.08. The molecule has 1 unspecified atom stereocenters. The van der Waals surface area contributed by atoms with Crippen molar-refractivity contribution in [2.24, 2.45) is 17.6 Å². The van der Waals surface area contributed by atoms with Crippen LogP contribution < -0.4 is 5.73 Å². The van der Waals surface area contributed by atoms with Gasteiger partial charge < -0.3 is 10.8 Å². The summed E-state index contributed by atoms with van der Waals surface area (Å²) in [5.41, 5.74) is 6.05. The minimum absolute atomic E-state index is 0.134. The molecule has 1 aliphatic carbocycles. The standard InChI is InChI=1S/C12H25NO/c1-12(2,13)11(8-9-14)10-6-4-3-5-7-10/h10-11,14H,3-9,13H2,1-2H3. The average molecular weight is 199 g/mol. The zero-order valence-electron chi connectivity index (χ0n) is 9.63. The highest BCUT2D eigenvalue weighted by molar-refractivity contribution is 4.88. The molecule has 3 N–H and O–H groups in total. The second kappa shape index (κ2) is 5.13. The molecule has 0 amide bonds. The number of rotatable bonds is 4. The first-order valence-electron chi connectivity index (χ1n) is 5.95. The van der Waals surface area contributed by atoms with Crippen molar-refractivity contribution < 1.29 is 5.11 Å². The van der Waals surface area contributed by atoms with Crippen LogP contribution in [0.25, 0.3) is 0 Å². The molecule has 14 heavy (non-hydrogen) atoms. The van der Waals surface area contributed by atoms with E-state index in [9.17, 15) is 0 Å². The third kappa shape index (κ3) is 3.25. The number of nitrogens with two attached hydrogens (primary N) is 1. The fourth-order valence-electron chi connectivity index (χ4n) is 2.89. The van der Waals surface area contributed by atoms with Gasteiger partial charge in [-0.1, -0.05) is 32.1 Å². The topological polar surface area (TPSA) is 46.2 Å². The minimum atomic E-state index is -0.134. The summed E-state index contributed by atoms with van der Waals surface area (Å²) in [7, 11) is 0. The molecular formula is C12H25NO. The van der Waals surface area contributed by atoms with Gasteiger partial charge in [-0.3, -0.25) is 0 Å². The molecule has 0 heterocycles. The Morgan fingerprint density at radius 1 is 1.29 bits per heavy atom. The molecule has 1 fully saturated rings. The van der Waals surface area contributed by atoms with Gasteiger partial charge in [-0.25, -0.2) is 0 Å². The highest BCUT2D eigenvalue weighted by Crippen LogP contribution is 2.36. The molecule has 0 aliphatic heterocycles. The smallest absolute Gasteiger partial charge is 0.0434 e. The van der Waals surface area contributed by atoms with Crippen LogP contribution in [0.2, 0.25) is 0 Å². The van der Waals surface area contributed by atoms with Crippen molar-refractivity contribution >= 4 is 0 Å². The first kappa shape index (κ1) is 12.0. The van der Waals surface area contributed by atoms with Crippen LogP contribution in [0.4, 0.5) is 0 Å². The highest BCUT2D eigenvalue weighted by atomic mass is 16.3. The third-order valence-electron chi connectivity index (χ3n) is 3.61. The van der Waals surface area contributed by atoms with Crippen molar-refractivity contribution in [1.82, 2.24) is 0 Å². The number of aliphatic hydroxyl groups excluding tert-OH is 1. The monoisotopic (exact) mass is 199 g/mol.